The van der Waals surface area contributed by atoms with E-state index in [2.05, 4.69) is 0 Å². The number of hydrogen-bond acceptors (Lipinski definition) is 3. The number of amides is 2. The lowest BCUT2D eigenvalue weighted by Crippen LogP contribution is -2.31. The van der Waals surface area contributed by atoms with Gasteiger partial charge in [-0.05, 0) is 35.4 Å². The third-order valence-corrected chi connectivity index (χ3v) is 4.46. The zero-order valence-electron chi connectivity index (χ0n) is 14.3. The summed E-state index contributed by atoms with van der Waals surface area (Å²) < 4.78 is 0. The standard InChI is InChI=1S/C23H14N2O2/c24-15-16-11-13-19(14-12-16)25-22(26)20(17-7-3-1-4-8-17)21(23(25)27)18-9-5-2-6-10-18/h1-14H. The van der Waals surface area contributed by atoms with Crippen LogP contribution in [0.25, 0.3) is 11.1 Å². The number of rotatable bonds is 3. The van der Waals surface area contributed by atoms with Crippen molar-refractivity contribution in [3.8, 4) is 6.07 Å². The molecule has 0 aromatic heterocycles. The molecule has 4 heteroatoms. The molecule has 0 atom stereocenters. The molecule has 1 aliphatic rings. The normalized spacial score (nSPS) is 13.8. The van der Waals surface area contributed by atoms with Crippen LogP contribution in [0.5, 0.6) is 0 Å². The van der Waals surface area contributed by atoms with Crippen LogP contribution in [-0.2, 0) is 9.59 Å². The summed E-state index contributed by atoms with van der Waals surface area (Å²) in [6, 6.07) is 26.9. The molecule has 3 aromatic rings. The number of hydrogen-bond donors (Lipinski definition) is 0. The first kappa shape index (κ1) is 16.5. The van der Waals surface area contributed by atoms with Gasteiger partial charge in [-0.2, -0.15) is 5.26 Å². The van der Waals surface area contributed by atoms with Crippen LogP contribution in [0.4, 0.5) is 5.69 Å². The molecule has 27 heavy (non-hydrogen) atoms. The average molecular weight is 350 g/mol. The van der Waals surface area contributed by atoms with E-state index in [0.29, 0.717) is 33.5 Å². The minimum atomic E-state index is -0.366. The van der Waals surface area contributed by atoms with Crippen molar-refractivity contribution in [1.29, 1.82) is 5.26 Å². The molecule has 0 radical (unpaired) electrons. The highest BCUT2D eigenvalue weighted by Crippen LogP contribution is 2.37. The van der Waals surface area contributed by atoms with Crippen LogP contribution >= 0.6 is 0 Å². The largest absolute Gasteiger partial charge is 0.268 e. The van der Waals surface area contributed by atoms with E-state index < -0.39 is 0 Å². The Hall–Kier alpha value is -3.97. The Morgan fingerprint density at radius 3 is 1.48 bits per heavy atom. The third kappa shape index (κ3) is 2.82. The van der Waals surface area contributed by atoms with E-state index in [-0.39, 0.29) is 11.8 Å². The predicted octanol–water partition coefficient (Wildman–Crippen LogP) is 4.04. The molecule has 4 nitrogen and oxygen atoms in total. The fourth-order valence-corrected chi connectivity index (χ4v) is 3.19. The summed E-state index contributed by atoms with van der Waals surface area (Å²) in [7, 11) is 0. The molecule has 0 N–H and O–H groups in total. The zero-order chi connectivity index (χ0) is 18.8. The fraction of sp³-hybridized carbons (Fsp3) is 0. The summed E-state index contributed by atoms with van der Waals surface area (Å²) in [5.74, 6) is -0.732. The van der Waals surface area contributed by atoms with Crippen molar-refractivity contribution in [2.75, 3.05) is 4.90 Å². The quantitative estimate of drug-likeness (QED) is 0.670. The van der Waals surface area contributed by atoms with E-state index in [9.17, 15) is 9.59 Å². The van der Waals surface area contributed by atoms with Crippen LogP contribution < -0.4 is 4.90 Å². The van der Waals surface area contributed by atoms with E-state index in [1.807, 2.05) is 66.7 Å². The smallest absolute Gasteiger partial charge is 0.266 e. The second-order valence-corrected chi connectivity index (χ2v) is 6.09. The number of imide groups is 1. The van der Waals surface area contributed by atoms with Crippen LogP contribution in [0.1, 0.15) is 16.7 Å². The number of benzene rings is 3. The van der Waals surface area contributed by atoms with Gasteiger partial charge in [-0.15, -0.1) is 0 Å². The maximum absolute atomic E-state index is 13.2. The predicted molar refractivity (Wildman–Crippen MR) is 103 cm³/mol. The highest BCUT2D eigenvalue weighted by atomic mass is 16.2. The number of anilines is 1. The van der Waals surface area contributed by atoms with Gasteiger partial charge in [0.1, 0.15) is 0 Å². The minimum Gasteiger partial charge on any atom is -0.268 e. The fourth-order valence-electron chi connectivity index (χ4n) is 3.19. The van der Waals surface area contributed by atoms with Crippen molar-refractivity contribution in [3.63, 3.8) is 0 Å². The minimum absolute atomic E-state index is 0.366. The maximum Gasteiger partial charge on any atom is 0.266 e. The molecule has 1 aliphatic heterocycles. The van der Waals surface area contributed by atoms with Crippen molar-refractivity contribution in [3.05, 3.63) is 102 Å². The molecule has 0 saturated heterocycles. The Labute approximate surface area is 156 Å². The van der Waals surface area contributed by atoms with Gasteiger partial charge in [0.15, 0.2) is 0 Å². The van der Waals surface area contributed by atoms with Gasteiger partial charge in [-0.1, -0.05) is 60.7 Å². The molecule has 4 rings (SSSR count). The van der Waals surface area contributed by atoms with Gasteiger partial charge in [0.05, 0.1) is 28.5 Å². The first-order valence-electron chi connectivity index (χ1n) is 8.45. The molecule has 0 saturated carbocycles. The molecule has 3 aromatic carbocycles. The molecular formula is C23H14N2O2. The third-order valence-electron chi connectivity index (χ3n) is 4.46. The van der Waals surface area contributed by atoms with Gasteiger partial charge in [-0.3, -0.25) is 9.59 Å². The van der Waals surface area contributed by atoms with Crippen LogP contribution in [0, 0.1) is 11.3 Å². The second kappa shape index (κ2) is 6.74. The van der Waals surface area contributed by atoms with Crippen LogP contribution in [0.2, 0.25) is 0 Å². The monoisotopic (exact) mass is 350 g/mol. The van der Waals surface area contributed by atoms with E-state index in [1.165, 1.54) is 4.90 Å². The van der Waals surface area contributed by atoms with Gasteiger partial charge in [0.25, 0.3) is 11.8 Å². The first-order chi connectivity index (χ1) is 13.2. The van der Waals surface area contributed by atoms with E-state index in [4.69, 9.17) is 5.26 Å². The first-order valence-corrected chi connectivity index (χ1v) is 8.45. The van der Waals surface area contributed by atoms with Gasteiger partial charge >= 0.3 is 0 Å². The van der Waals surface area contributed by atoms with Crippen LogP contribution in [0.3, 0.4) is 0 Å². The highest BCUT2D eigenvalue weighted by Gasteiger charge is 2.40. The van der Waals surface area contributed by atoms with Gasteiger partial charge in [-0.25, -0.2) is 4.90 Å². The van der Waals surface area contributed by atoms with E-state index >= 15 is 0 Å². The molecule has 0 aliphatic carbocycles. The maximum atomic E-state index is 13.2. The number of carbonyl (C=O) groups is 2. The summed E-state index contributed by atoms with van der Waals surface area (Å²) in [6.07, 6.45) is 0. The zero-order valence-corrected chi connectivity index (χ0v) is 14.3. The molecule has 1 heterocycles. The Kier molecular flexibility index (Phi) is 4.12. The van der Waals surface area contributed by atoms with Crippen molar-refractivity contribution in [2.45, 2.75) is 0 Å². The summed E-state index contributed by atoms with van der Waals surface area (Å²) in [5.41, 5.74) is 3.09. The van der Waals surface area contributed by atoms with Crippen molar-refractivity contribution in [1.82, 2.24) is 0 Å². The topological polar surface area (TPSA) is 61.2 Å². The van der Waals surface area contributed by atoms with Crippen LogP contribution in [-0.4, -0.2) is 11.8 Å². The molecule has 2 amide bonds. The Bertz CT molecular complexity index is 1030. The average Bonchev–Trinajstić information content (AvgIpc) is 2.99. The highest BCUT2D eigenvalue weighted by molar-refractivity contribution is 6.56. The van der Waals surface area contributed by atoms with Crippen LogP contribution in [0.15, 0.2) is 84.9 Å². The summed E-state index contributed by atoms with van der Waals surface area (Å²) in [4.78, 5) is 27.6. The molecular weight excluding hydrogens is 336 g/mol. The van der Waals surface area contributed by atoms with Crippen molar-refractivity contribution < 1.29 is 9.59 Å². The van der Waals surface area contributed by atoms with Crippen molar-refractivity contribution >= 4 is 28.6 Å². The van der Waals surface area contributed by atoms with Crippen molar-refractivity contribution in [2.24, 2.45) is 0 Å². The second-order valence-electron chi connectivity index (χ2n) is 6.09. The Balaban J connectivity index is 1.88. The summed E-state index contributed by atoms with van der Waals surface area (Å²) >= 11 is 0. The molecule has 0 unspecified atom stereocenters. The van der Waals surface area contributed by atoms with Gasteiger partial charge in [0, 0.05) is 0 Å². The molecule has 0 fully saturated rings. The lowest BCUT2D eigenvalue weighted by atomic mass is 9.96. The van der Waals surface area contributed by atoms with E-state index in [1.54, 1.807) is 24.3 Å². The Morgan fingerprint density at radius 1 is 0.630 bits per heavy atom. The number of carbonyl (C=O) groups excluding carboxylic acids is 2. The lowest BCUT2D eigenvalue weighted by Gasteiger charge is -2.15. The number of nitrogens with zero attached hydrogens (tertiary/aromatic N) is 2. The molecule has 0 bridgehead atoms. The van der Waals surface area contributed by atoms with E-state index in [0.717, 1.165) is 0 Å². The molecule has 128 valence electrons. The molecule has 0 spiro atoms. The summed E-state index contributed by atoms with van der Waals surface area (Å²) in [6.45, 7) is 0. The SMILES string of the molecule is N#Cc1ccc(N2C(=O)C(c3ccccc3)=C(c3ccccc3)C2=O)cc1. The Morgan fingerprint density at radius 2 is 1.07 bits per heavy atom. The summed E-state index contributed by atoms with van der Waals surface area (Å²) in [5, 5.41) is 8.97. The lowest BCUT2D eigenvalue weighted by molar-refractivity contribution is -0.119. The number of nitriles is 1. The van der Waals surface area contributed by atoms with Gasteiger partial charge < -0.3 is 0 Å². The van der Waals surface area contributed by atoms with Gasteiger partial charge in [0.2, 0.25) is 0 Å².